The Hall–Kier alpha value is -3.13. The fourth-order valence-corrected chi connectivity index (χ4v) is 3.45. The zero-order valence-corrected chi connectivity index (χ0v) is 15.9. The second kappa shape index (κ2) is 8.48. The van der Waals surface area contributed by atoms with E-state index in [-0.39, 0.29) is 24.8 Å². The van der Waals surface area contributed by atoms with Crippen LogP contribution in [-0.2, 0) is 11.3 Å². The number of amides is 2. The van der Waals surface area contributed by atoms with Gasteiger partial charge in [0.1, 0.15) is 5.82 Å². The molecule has 0 spiro atoms. The minimum atomic E-state index is -0.484. The number of piperazine rings is 1. The number of hydrogen-bond donors (Lipinski definition) is 1. The fourth-order valence-electron chi connectivity index (χ4n) is 3.45. The molecule has 1 N–H and O–H groups in total. The van der Waals surface area contributed by atoms with Crippen molar-refractivity contribution >= 4 is 11.8 Å². The van der Waals surface area contributed by atoms with Crippen LogP contribution in [0.4, 0.5) is 4.39 Å². The first-order chi connectivity index (χ1) is 14.1. The van der Waals surface area contributed by atoms with Gasteiger partial charge in [0.15, 0.2) is 11.5 Å². The monoisotopic (exact) mass is 399 g/mol. The zero-order chi connectivity index (χ0) is 20.2. The average Bonchev–Trinajstić information content (AvgIpc) is 3.20. The summed E-state index contributed by atoms with van der Waals surface area (Å²) in [5.41, 5.74) is 1.34. The molecular weight excluding hydrogens is 377 g/mol. The Balaban J connectivity index is 1.23. The van der Waals surface area contributed by atoms with Gasteiger partial charge in [-0.3, -0.25) is 14.5 Å². The molecule has 29 heavy (non-hydrogen) atoms. The van der Waals surface area contributed by atoms with Gasteiger partial charge < -0.3 is 19.7 Å². The Kier molecular flexibility index (Phi) is 5.62. The molecule has 1 fully saturated rings. The highest BCUT2D eigenvalue weighted by molar-refractivity contribution is 5.96. The minimum absolute atomic E-state index is 0.0997. The van der Waals surface area contributed by atoms with Crippen molar-refractivity contribution in [1.82, 2.24) is 15.1 Å². The van der Waals surface area contributed by atoms with Crippen LogP contribution in [0.25, 0.3) is 0 Å². The van der Waals surface area contributed by atoms with Crippen molar-refractivity contribution < 1.29 is 23.5 Å². The summed E-state index contributed by atoms with van der Waals surface area (Å²) >= 11 is 0. The van der Waals surface area contributed by atoms with Gasteiger partial charge >= 0.3 is 0 Å². The van der Waals surface area contributed by atoms with Crippen molar-refractivity contribution in [2.45, 2.75) is 6.54 Å². The summed E-state index contributed by atoms with van der Waals surface area (Å²) in [6, 6.07) is 11.3. The molecule has 0 bridgehead atoms. The second-order valence-corrected chi connectivity index (χ2v) is 7.04. The first-order valence-electron chi connectivity index (χ1n) is 9.51. The van der Waals surface area contributed by atoms with Gasteiger partial charge in [-0.25, -0.2) is 4.39 Å². The first kappa shape index (κ1) is 19.2. The van der Waals surface area contributed by atoms with Crippen LogP contribution in [0.5, 0.6) is 11.5 Å². The van der Waals surface area contributed by atoms with E-state index in [4.69, 9.17) is 9.47 Å². The largest absolute Gasteiger partial charge is 0.454 e. The zero-order valence-electron chi connectivity index (χ0n) is 15.9. The Morgan fingerprint density at radius 3 is 2.59 bits per heavy atom. The molecule has 152 valence electrons. The van der Waals surface area contributed by atoms with Crippen LogP contribution in [0.1, 0.15) is 15.9 Å². The second-order valence-electron chi connectivity index (χ2n) is 7.04. The maximum absolute atomic E-state index is 13.2. The quantitative estimate of drug-likeness (QED) is 0.828. The highest BCUT2D eigenvalue weighted by Crippen LogP contribution is 2.32. The van der Waals surface area contributed by atoms with Gasteiger partial charge in [-0.1, -0.05) is 12.1 Å². The molecule has 2 aliphatic heterocycles. The molecule has 0 radical (unpaired) electrons. The number of rotatable bonds is 5. The molecular formula is C21H22FN3O4. The summed E-state index contributed by atoms with van der Waals surface area (Å²) in [5.74, 6) is 0.453. The van der Waals surface area contributed by atoms with E-state index in [9.17, 15) is 14.0 Å². The van der Waals surface area contributed by atoms with E-state index in [1.165, 1.54) is 18.2 Å². The van der Waals surface area contributed by atoms with Crippen LogP contribution < -0.4 is 14.8 Å². The summed E-state index contributed by atoms with van der Waals surface area (Å²) < 4.78 is 23.9. The highest BCUT2D eigenvalue weighted by atomic mass is 19.1. The van der Waals surface area contributed by atoms with E-state index in [1.807, 2.05) is 18.2 Å². The molecule has 0 saturated carbocycles. The number of nitrogens with zero attached hydrogens (tertiary/aromatic N) is 2. The molecule has 0 atom stereocenters. The van der Waals surface area contributed by atoms with Crippen molar-refractivity contribution in [2.24, 2.45) is 0 Å². The van der Waals surface area contributed by atoms with Gasteiger partial charge in [0.2, 0.25) is 12.7 Å². The molecule has 7 nitrogen and oxygen atoms in total. The van der Waals surface area contributed by atoms with Gasteiger partial charge in [0.05, 0.1) is 6.54 Å². The number of nitrogens with one attached hydrogen (secondary N) is 1. The SMILES string of the molecule is O=C(NCC(=O)N1CCN(Cc2ccc3c(c2)OCO3)CC1)c1cccc(F)c1. The van der Waals surface area contributed by atoms with E-state index >= 15 is 0 Å². The summed E-state index contributed by atoms with van der Waals surface area (Å²) in [6.07, 6.45) is 0. The minimum Gasteiger partial charge on any atom is -0.454 e. The summed E-state index contributed by atoms with van der Waals surface area (Å²) in [6.45, 7) is 3.62. The maximum Gasteiger partial charge on any atom is 0.251 e. The predicted molar refractivity (Wildman–Crippen MR) is 103 cm³/mol. The molecule has 0 aliphatic carbocycles. The van der Waals surface area contributed by atoms with Crippen LogP contribution in [-0.4, -0.2) is 61.1 Å². The first-order valence-corrected chi connectivity index (χ1v) is 9.51. The third-order valence-corrected chi connectivity index (χ3v) is 5.06. The Morgan fingerprint density at radius 2 is 1.79 bits per heavy atom. The maximum atomic E-state index is 13.2. The molecule has 2 amide bonds. The lowest BCUT2D eigenvalue weighted by Gasteiger charge is -2.34. The molecule has 1 saturated heterocycles. The van der Waals surface area contributed by atoms with Crippen LogP contribution in [0.2, 0.25) is 0 Å². The van der Waals surface area contributed by atoms with Crippen LogP contribution in [0.3, 0.4) is 0 Å². The number of carbonyl (C=O) groups is 2. The van der Waals surface area contributed by atoms with Gasteiger partial charge in [-0.2, -0.15) is 0 Å². The lowest BCUT2D eigenvalue weighted by molar-refractivity contribution is -0.131. The van der Waals surface area contributed by atoms with E-state index in [0.717, 1.165) is 42.8 Å². The molecule has 4 rings (SSSR count). The van der Waals surface area contributed by atoms with Gasteiger partial charge in [-0.15, -0.1) is 0 Å². The number of carbonyl (C=O) groups excluding carboxylic acids is 2. The van der Waals surface area contributed by atoms with E-state index < -0.39 is 11.7 Å². The van der Waals surface area contributed by atoms with E-state index in [0.29, 0.717) is 13.1 Å². The Morgan fingerprint density at radius 1 is 1.00 bits per heavy atom. The molecule has 0 unspecified atom stereocenters. The lowest BCUT2D eigenvalue weighted by atomic mass is 10.1. The number of ether oxygens (including phenoxy) is 2. The molecule has 2 heterocycles. The van der Waals surface area contributed by atoms with Crippen molar-refractivity contribution in [2.75, 3.05) is 39.5 Å². The number of benzene rings is 2. The summed E-state index contributed by atoms with van der Waals surface area (Å²) in [7, 11) is 0. The van der Waals surface area contributed by atoms with Crippen molar-refractivity contribution in [1.29, 1.82) is 0 Å². The van der Waals surface area contributed by atoms with E-state index in [2.05, 4.69) is 10.2 Å². The molecule has 2 aliphatic rings. The van der Waals surface area contributed by atoms with E-state index in [1.54, 1.807) is 4.90 Å². The topological polar surface area (TPSA) is 71.1 Å². The standard InChI is InChI=1S/C21H22FN3O4/c22-17-3-1-2-16(11-17)21(27)23-12-20(26)25-8-6-24(7-9-25)13-15-4-5-18-19(10-15)29-14-28-18/h1-5,10-11H,6-9,12-14H2,(H,23,27). The van der Waals surface area contributed by atoms with Crippen molar-refractivity contribution in [3.05, 3.63) is 59.4 Å². The predicted octanol–water partition coefficient (Wildman–Crippen LogP) is 1.63. The molecule has 2 aromatic rings. The van der Waals surface area contributed by atoms with Gasteiger partial charge in [0, 0.05) is 38.3 Å². The lowest BCUT2D eigenvalue weighted by Crippen LogP contribution is -2.50. The smallest absolute Gasteiger partial charge is 0.251 e. The summed E-state index contributed by atoms with van der Waals surface area (Å²) in [4.78, 5) is 28.4. The Labute approximate surface area is 168 Å². The molecule has 0 aromatic heterocycles. The van der Waals surface area contributed by atoms with Gasteiger partial charge in [-0.05, 0) is 35.9 Å². The van der Waals surface area contributed by atoms with Crippen LogP contribution in [0.15, 0.2) is 42.5 Å². The van der Waals surface area contributed by atoms with Crippen molar-refractivity contribution in [3.8, 4) is 11.5 Å². The fraction of sp³-hybridized carbons (Fsp3) is 0.333. The number of fused-ring (bicyclic) bond motifs is 1. The van der Waals surface area contributed by atoms with Crippen LogP contribution >= 0.6 is 0 Å². The third-order valence-electron chi connectivity index (χ3n) is 5.06. The third kappa shape index (κ3) is 4.65. The number of halogens is 1. The normalized spacial score (nSPS) is 16.0. The highest BCUT2D eigenvalue weighted by Gasteiger charge is 2.22. The average molecular weight is 399 g/mol. The molecule has 2 aromatic carbocycles. The van der Waals surface area contributed by atoms with Crippen LogP contribution in [0, 0.1) is 5.82 Å². The number of hydrogen-bond acceptors (Lipinski definition) is 5. The van der Waals surface area contributed by atoms with Crippen molar-refractivity contribution in [3.63, 3.8) is 0 Å². The Bertz CT molecular complexity index is 913. The summed E-state index contributed by atoms with van der Waals surface area (Å²) in [5, 5.41) is 2.56. The van der Waals surface area contributed by atoms with Gasteiger partial charge in [0.25, 0.3) is 5.91 Å². The molecule has 8 heteroatoms.